The average Bonchev–Trinajstić information content (AvgIpc) is 3.17. The molecular weight excluding hydrogens is 342 g/mol. The van der Waals surface area contributed by atoms with Crippen LogP contribution in [0.1, 0.15) is 12.0 Å². The number of rotatable bonds is 7. The fourth-order valence-corrected chi connectivity index (χ4v) is 3.41. The maximum atomic E-state index is 9.37. The highest BCUT2D eigenvalue weighted by Crippen LogP contribution is 2.25. The Balaban J connectivity index is 1.45. The highest BCUT2D eigenvalue weighted by atomic mass is 16.5. The van der Waals surface area contributed by atoms with E-state index in [1.165, 1.54) is 0 Å². The number of nitrogens with one attached hydrogen (secondary N) is 1. The summed E-state index contributed by atoms with van der Waals surface area (Å²) in [5.74, 6) is 0.937. The van der Waals surface area contributed by atoms with Crippen LogP contribution in [0.15, 0.2) is 42.7 Å². The zero-order chi connectivity index (χ0) is 18.5. The number of fused-ring (bicyclic) bond motifs is 1. The fraction of sp³-hybridized carbons (Fsp3) is 0.400. The molecule has 1 aliphatic heterocycles. The van der Waals surface area contributed by atoms with Crippen molar-refractivity contribution >= 4 is 11.5 Å². The van der Waals surface area contributed by atoms with E-state index in [0.717, 1.165) is 74.0 Å². The van der Waals surface area contributed by atoms with Crippen molar-refractivity contribution in [3.8, 4) is 11.1 Å². The first-order valence-electron chi connectivity index (χ1n) is 9.42. The molecule has 2 aromatic heterocycles. The average molecular weight is 367 g/mol. The molecule has 142 valence electrons. The molecule has 0 saturated carbocycles. The monoisotopic (exact) mass is 367 g/mol. The standard InChI is InChI=1S/C20H25N5O2/c26-15-16-3-1-4-17(13-16)18-14-23-25-19(5-7-22-20(18)25)21-6-2-8-24-9-11-27-12-10-24/h1,3-5,7,13-14,21,26H,2,6,8-12,15H2. The van der Waals surface area contributed by atoms with Gasteiger partial charge in [-0.1, -0.05) is 18.2 Å². The number of nitrogens with zero attached hydrogens (tertiary/aromatic N) is 4. The Morgan fingerprint density at radius 3 is 2.93 bits per heavy atom. The summed E-state index contributed by atoms with van der Waals surface area (Å²) < 4.78 is 7.23. The minimum absolute atomic E-state index is 0.0242. The van der Waals surface area contributed by atoms with Crippen LogP contribution in [0.5, 0.6) is 0 Å². The number of aliphatic hydroxyl groups excluding tert-OH is 1. The predicted molar refractivity (Wildman–Crippen MR) is 105 cm³/mol. The molecule has 7 heteroatoms. The normalized spacial score (nSPS) is 15.3. The summed E-state index contributed by atoms with van der Waals surface area (Å²) in [4.78, 5) is 6.95. The molecule has 0 spiro atoms. The van der Waals surface area contributed by atoms with Crippen LogP contribution in [0, 0.1) is 0 Å². The summed E-state index contributed by atoms with van der Waals surface area (Å²) in [6, 6.07) is 9.78. The van der Waals surface area contributed by atoms with Crippen LogP contribution in [-0.4, -0.2) is 64.0 Å². The summed E-state index contributed by atoms with van der Waals surface area (Å²) in [5.41, 5.74) is 3.66. The van der Waals surface area contributed by atoms with Crippen molar-refractivity contribution in [2.75, 3.05) is 44.7 Å². The van der Waals surface area contributed by atoms with Crippen molar-refractivity contribution in [3.05, 3.63) is 48.3 Å². The van der Waals surface area contributed by atoms with Crippen LogP contribution >= 0.6 is 0 Å². The molecule has 4 rings (SSSR count). The first kappa shape index (κ1) is 17.9. The van der Waals surface area contributed by atoms with Crippen LogP contribution in [0.2, 0.25) is 0 Å². The molecule has 3 aromatic rings. The van der Waals surface area contributed by atoms with Gasteiger partial charge >= 0.3 is 0 Å². The van der Waals surface area contributed by atoms with E-state index in [2.05, 4.69) is 20.3 Å². The molecule has 0 amide bonds. The number of aromatic nitrogens is 3. The van der Waals surface area contributed by atoms with Gasteiger partial charge in [-0.2, -0.15) is 9.61 Å². The first-order chi connectivity index (χ1) is 13.3. The third kappa shape index (κ3) is 4.10. The summed E-state index contributed by atoms with van der Waals surface area (Å²) in [5, 5.41) is 17.4. The Hall–Kier alpha value is -2.48. The van der Waals surface area contributed by atoms with Gasteiger partial charge in [0.1, 0.15) is 5.82 Å². The Morgan fingerprint density at radius 2 is 2.07 bits per heavy atom. The number of morpholine rings is 1. The minimum Gasteiger partial charge on any atom is -0.392 e. The number of hydrogen-bond acceptors (Lipinski definition) is 6. The zero-order valence-corrected chi connectivity index (χ0v) is 15.3. The first-order valence-corrected chi connectivity index (χ1v) is 9.42. The second-order valence-electron chi connectivity index (χ2n) is 6.72. The van der Waals surface area contributed by atoms with E-state index < -0.39 is 0 Å². The third-order valence-corrected chi connectivity index (χ3v) is 4.88. The molecule has 1 aliphatic rings. The quantitative estimate of drug-likeness (QED) is 0.623. The van der Waals surface area contributed by atoms with Gasteiger partial charge in [0.15, 0.2) is 5.65 Å². The van der Waals surface area contributed by atoms with Crippen LogP contribution < -0.4 is 5.32 Å². The number of benzene rings is 1. The number of aliphatic hydroxyl groups is 1. The van der Waals surface area contributed by atoms with Gasteiger partial charge in [0.05, 0.1) is 26.0 Å². The van der Waals surface area contributed by atoms with Crippen LogP contribution in [0.25, 0.3) is 16.8 Å². The Bertz CT molecular complexity index is 889. The molecule has 0 bridgehead atoms. The van der Waals surface area contributed by atoms with E-state index in [1.807, 2.05) is 41.0 Å². The van der Waals surface area contributed by atoms with E-state index in [-0.39, 0.29) is 6.61 Å². The number of hydrogen-bond donors (Lipinski definition) is 2. The number of ether oxygens (including phenoxy) is 1. The van der Waals surface area contributed by atoms with Crippen molar-refractivity contribution in [3.63, 3.8) is 0 Å². The van der Waals surface area contributed by atoms with Gasteiger partial charge in [-0.3, -0.25) is 4.90 Å². The Kier molecular flexibility index (Phi) is 5.62. The van der Waals surface area contributed by atoms with Gasteiger partial charge in [0.25, 0.3) is 0 Å². The molecule has 3 heterocycles. The Morgan fingerprint density at radius 1 is 1.19 bits per heavy atom. The van der Waals surface area contributed by atoms with Crippen LogP contribution in [-0.2, 0) is 11.3 Å². The maximum Gasteiger partial charge on any atom is 0.165 e. The molecule has 2 N–H and O–H groups in total. The largest absolute Gasteiger partial charge is 0.392 e. The van der Waals surface area contributed by atoms with Crippen molar-refractivity contribution in [1.82, 2.24) is 19.5 Å². The molecule has 0 atom stereocenters. The topological polar surface area (TPSA) is 74.9 Å². The van der Waals surface area contributed by atoms with Crippen molar-refractivity contribution in [2.45, 2.75) is 13.0 Å². The summed E-state index contributed by atoms with van der Waals surface area (Å²) in [6.45, 7) is 5.70. The molecule has 1 saturated heterocycles. The van der Waals surface area contributed by atoms with E-state index in [4.69, 9.17) is 4.74 Å². The zero-order valence-electron chi connectivity index (χ0n) is 15.3. The van der Waals surface area contributed by atoms with Crippen LogP contribution in [0.4, 0.5) is 5.82 Å². The fourth-order valence-electron chi connectivity index (χ4n) is 3.41. The minimum atomic E-state index is 0.0242. The Labute approximate surface area is 158 Å². The van der Waals surface area contributed by atoms with Crippen molar-refractivity contribution in [2.24, 2.45) is 0 Å². The second kappa shape index (κ2) is 8.47. The van der Waals surface area contributed by atoms with E-state index in [1.54, 1.807) is 6.20 Å². The SMILES string of the molecule is OCc1cccc(-c2cnn3c(NCCCN4CCOCC4)ccnc23)c1. The van der Waals surface area contributed by atoms with Gasteiger partial charge < -0.3 is 15.2 Å². The summed E-state index contributed by atoms with van der Waals surface area (Å²) in [7, 11) is 0. The molecular formula is C20H25N5O2. The lowest BCUT2D eigenvalue weighted by atomic mass is 10.1. The molecule has 7 nitrogen and oxygen atoms in total. The molecule has 27 heavy (non-hydrogen) atoms. The molecule has 0 aliphatic carbocycles. The summed E-state index contributed by atoms with van der Waals surface area (Å²) in [6.07, 6.45) is 4.70. The van der Waals surface area contributed by atoms with E-state index in [9.17, 15) is 5.11 Å². The van der Waals surface area contributed by atoms with E-state index in [0.29, 0.717) is 0 Å². The summed E-state index contributed by atoms with van der Waals surface area (Å²) >= 11 is 0. The lowest BCUT2D eigenvalue weighted by Crippen LogP contribution is -2.37. The van der Waals surface area contributed by atoms with Crippen LogP contribution in [0.3, 0.4) is 0 Å². The molecule has 1 fully saturated rings. The second-order valence-corrected chi connectivity index (χ2v) is 6.72. The highest BCUT2D eigenvalue weighted by molar-refractivity contribution is 5.78. The molecule has 0 radical (unpaired) electrons. The molecule has 0 unspecified atom stereocenters. The van der Waals surface area contributed by atoms with Gasteiger partial charge in [-0.25, -0.2) is 4.98 Å². The lowest BCUT2D eigenvalue weighted by molar-refractivity contribution is 0.0378. The van der Waals surface area contributed by atoms with Gasteiger partial charge in [-0.15, -0.1) is 0 Å². The smallest absolute Gasteiger partial charge is 0.165 e. The maximum absolute atomic E-state index is 9.37. The van der Waals surface area contributed by atoms with Gasteiger partial charge in [0, 0.05) is 31.4 Å². The van der Waals surface area contributed by atoms with Crippen molar-refractivity contribution < 1.29 is 9.84 Å². The highest BCUT2D eigenvalue weighted by Gasteiger charge is 2.12. The predicted octanol–water partition coefficient (Wildman–Crippen LogP) is 2.02. The van der Waals surface area contributed by atoms with Crippen molar-refractivity contribution in [1.29, 1.82) is 0 Å². The molecule has 1 aromatic carbocycles. The third-order valence-electron chi connectivity index (χ3n) is 4.88. The van der Waals surface area contributed by atoms with Gasteiger partial charge in [0.2, 0.25) is 0 Å². The lowest BCUT2D eigenvalue weighted by Gasteiger charge is -2.26. The van der Waals surface area contributed by atoms with Gasteiger partial charge in [-0.05, 0) is 36.2 Å². The van der Waals surface area contributed by atoms with E-state index >= 15 is 0 Å². The number of anilines is 1.